The Balaban J connectivity index is 1.49. The molecule has 17 heavy (non-hydrogen) atoms. The molecule has 0 saturated carbocycles. The van der Waals surface area contributed by atoms with Crippen molar-refractivity contribution < 1.29 is 0 Å². The second-order valence-electron chi connectivity index (χ2n) is 4.60. The molecule has 0 aliphatic heterocycles. The Morgan fingerprint density at radius 2 is 1.94 bits per heavy atom. The van der Waals surface area contributed by atoms with E-state index in [4.69, 9.17) is 0 Å². The molecule has 0 spiro atoms. The number of hydrogen-bond acceptors (Lipinski definition) is 2. The first-order valence-corrected chi connectivity index (χ1v) is 6.19. The fourth-order valence-electron chi connectivity index (χ4n) is 2.52. The van der Waals surface area contributed by atoms with Crippen molar-refractivity contribution >= 4 is 0 Å². The zero-order valence-corrected chi connectivity index (χ0v) is 9.84. The van der Waals surface area contributed by atoms with Gasteiger partial charge in [0.1, 0.15) is 0 Å². The lowest BCUT2D eigenvalue weighted by Crippen LogP contribution is -2.32. The maximum atomic E-state index is 4.20. The van der Waals surface area contributed by atoms with Gasteiger partial charge in [-0.05, 0) is 30.0 Å². The number of rotatable bonds is 4. The summed E-state index contributed by atoms with van der Waals surface area (Å²) in [5.41, 5.74) is 3.01. The molecule has 0 amide bonds. The number of nitrogens with zero attached hydrogens (tertiary/aromatic N) is 2. The SMILES string of the molecule is c1ccc2c(c1)CC(NCCn1cccn1)C2. The van der Waals surface area contributed by atoms with Crippen LogP contribution in [0.2, 0.25) is 0 Å². The topological polar surface area (TPSA) is 29.9 Å². The van der Waals surface area contributed by atoms with Crippen LogP contribution in [0.1, 0.15) is 11.1 Å². The third kappa shape index (κ3) is 2.39. The molecule has 2 aromatic rings. The van der Waals surface area contributed by atoms with E-state index in [1.54, 1.807) is 0 Å². The molecule has 1 aromatic carbocycles. The Kier molecular flexibility index (Phi) is 2.92. The van der Waals surface area contributed by atoms with Gasteiger partial charge in [0.15, 0.2) is 0 Å². The van der Waals surface area contributed by atoms with Crippen molar-refractivity contribution in [2.45, 2.75) is 25.4 Å². The Labute approximate surface area is 101 Å². The quantitative estimate of drug-likeness (QED) is 0.860. The van der Waals surface area contributed by atoms with Gasteiger partial charge in [-0.25, -0.2) is 0 Å². The van der Waals surface area contributed by atoms with Crippen LogP contribution < -0.4 is 5.32 Å². The number of hydrogen-bond donors (Lipinski definition) is 1. The largest absolute Gasteiger partial charge is 0.311 e. The zero-order valence-electron chi connectivity index (χ0n) is 9.84. The molecule has 3 rings (SSSR count). The summed E-state index contributed by atoms with van der Waals surface area (Å²) < 4.78 is 1.97. The lowest BCUT2D eigenvalue weighted by atomic mass is 10.1. The molecule has 1 aromatic heterocycles. The van der Waals surface area contributed by atoms with Crippen molar-refractivity contribution in [3.05, 3.63) is 53.9 Å². The van der Waals surface area contributed by atoms with Crippen LogP contribution in [-0.4, -0.2) is 22.4 Å². The number of benzene rings is 1. The molecule has 1 heterocycles. The van der Waals surface area contributed by atoms with Crippen molar-refractivity contribution in [1.82, 2.24) is 15.1 Å². The summed E-state index contributed by atoms with van der Waals surface area (Å²) in [4.78, 5) is 0. The Bertz CT molecular complexity index is 451. The molecule has 3 heteroatoms. The molecular weight excluding hydrogens is 210 g/mol. The summed E-state index contributed by atoms with van der Waals surface area (Å²) in [6.07, 6.45) is 6.15. The Hall–Kier alpha value is -1.61. The second-order valence-corrected chi connectivity index (χ2v) is 4.60. The molecule has 1 aliphatic carbocycles. The lowest BCUT2D eigenvalue weighted by Gasteiger charge is -2.11. The van der Waals surface area contributed by atoms with Crippen LogP contribution in [0, 0.1) is 0 Å². The molecule has 0 bridgehead atoms. The maximum absolute atomic E-state index is 4.20. The summed E-state index contributed by atoms with van der Waals surface area (Å²) in [6, 6.07) is 11.3. The van der Waals surface area contributed by atoms with E-state index in [1.807, 2.05) is 23.1 Å². The summed E-state index contributed by atoms with van der Waals surface area (Å²) in [6.45, 7) is 1.93. The molecule has 0 radical (unpaired) electrons. The fourth-order valence-corrected chi connectivity index (χ4v) is 2.52. The molecule has 0 unspecified atom stereocenters. The molecule has 88 valence electrons. The van der Waals surface area contributed by atoms with Gasteiger partial charge in [0.05, 0.1) is 6.54 Å². The maximum Gasteiger partial charge on any atom is 0.0534 e. The van der Waals surface area contributed by atoms with Crippen LogP contribution in [-0.2, 0) is 19.4 Å². The van der Waals surface area contributed by atoms with E-state index in [0.717, 1.165) is 25.9 Å². The highest BCUT2D eigenvalue weighted by atomic mass is 15.3. The van der Waals surface area contributed by atoms with E-state index in [0.29, 0.717) is 6.04 Å². The fraction of sp³-hybridized carbons (Fsp3) is 0.357. The second kappa shape index (κ2) is 4.72. The monoisotopic (exact) mass is 227 g/mol. The minimum absolute atomic E-state index is 0.600. The number of nitrogens with one attached hydrogen (secondary N) is 1. The normalized spacial score (nSPS) is 15.1. The highest BCUT2D eigenvalue weighted by molar-refractivity contribution is 5.33. The van der Waals surface area contributed by atoms with E-state index in [9.17, 15) is 0 Å². The van der Waals surface area contributed by atoms with Crippen molar-refractivity contribution in [2.75, 3.05) is 6.54 Å². The van der Waals surface area contributed by atoms with Crippen molar-refractivity contribution in [3.63, 3.8) is 0 Å². The minimum atomic E-state index is 0.600. The lowest BCUT2D eigenvalue weighted by molar-refractivity contribution is 0.486. The van der Waals surface area contributed by atoms with Crippen molar-refractivity contribution in [3.8, 4) is 0 Å². The highest BCUT2D eigenvalue weighted by Gasteiger charge is 2.19. The van der Waals surface area contributed by atoms with Gasteiger partial charge in [0.25, 0.3) is 0 Å². The predicted octanol–water partition coefficient (Wildman–Crippen LogP) is 1.64. The van der Waals surface area contributed by atoms with Gasteiger partial charge in [-0.1, -0.05) is 24.3 Å². The van der Waals surface area contributed by atoms with Gasteiger partial charge in [0, 0.05) is 25.0 Å². The average molecular weight is 227 g/mol. The summed E-state index contributed by atoms with van der Waals surface area (Å²) in [5, 5.41) is 7.80. The van der Waals surface area contributed by atoms with E-state index in [1.165, 1.54) is 11.1 Å². The Morgan fingerprint density at radius 3 is 2.59 bits per heavy atom. The average Bonchev–Trinajstić information content (AvgIpc) is 2.96. The molecule has 0 fully saturated rings. The third-order valence-corrected chi connectivity index (χ3v) is 3.38. The zero-order chi connectivity index (χ0) is 11.5. The highest BCUT2D eigenvalue weighted by Crippen LogP contribution is 2.21. The smallest absolute Gasteiger partial charge is 0.0534 e. The van der Waals surface area contributed by atoms with Crippen LogP contribution >= 0.6 is 0 Å². The van der Waals surface area contributed by atoms with E-state index in [2.05, 4.69) is 34.7 Å². The summed E-state index contributed by atoms with van der Waals surface area (Å²) >= 11 is 0. The third-order valence-electron chi connectivity index (χ3n) is 3.38. The number of fused-ring (bicyclic) bond motifs is 1. The van der Waals surface area contributed by atoms with Crippen LogP contribution in [0.4, 0.5) is 0 Å². The summed E-state index contributed by atoms with van der Waals surface area (Å²) in [7, 11) is 0. The van der Waals surface area contributed by atoms with E-state index in [-0.39, 0.29) is 0 Å². The summed E-state index contributed by atoms with van der Waals surface area (Å²) in [5.74, 6) is 0. The minimum Gasteiger partial charge on any atom is -0.311 e. The van der Waals surface area contributed by atoms with Crippen molar-refractivity contribution in [2.24, 2.45) is 0 Å². The van der Waals surface area contributed by atoms with Gasteiger partial charge >= 0.3 is 0 Å². The molecule has 3 nitrogen and oxygen atoms in total. The standard InChI is InChI=1S/C14H17N3/c1-2-5-13-11-14(10-12(13)4-1)15-7-9-17-8-3-6-16-17/h1-6,8,14-15H,7,9-11H2. The van der Waals surface area contributed by atoms with E-state index < -0.39 is 0 Å². The van der Waals surface area contributed by atoms with Gasteiger partial charge in [-0.15, -0.1) is 0 Å². The van der Waals surface area contributed by atoms with Crippen LogP contribution in [0.5, 0.6) is 0 Å². The van der Waals surface area contributed by atoms with Gasteiger partial charge in [-0.2, -0.15) is 5.10 Å². The predicted molar refractivity (Wildman–Crippen MR) is 67.9 cm³/mol. The van der Waals surface area contributed by atoms with Crippen LogP contribution in [0.25, 0.3) is 0 Å². The molecule has 1 aliphatic rings. The first kappa shape index (κ1) is 10.5. The first-order chi connectivity index (χ1) is 8.42. The van der Waals surface area contributed by atoms with Crippen LogP contribution in [0.3, 0.4) is 0 Å². The van der Waals surface area contributed by atoms with Gasteiger partial charge in [0.2, 0.25) is 0 Å². The molecule has 1 N–H and O–H groups in total. The number of aromatic nitrogens is 2. The molecule has 0 atom stereocenters. The molecule has 0 saturated heterocycles. The van der Waals surface area contributed by atoms with Crippen molar-refractivity contribution in [1.29, 1.82) is 0 Å². The first-order valence-electron chi connectivity index (χ1n) is 6.19. The van der Waals surface area contributed by atoms with Gasteiger partial charge in [-0.3, -0.25) is 4.68 Å². The molecular formula is C14H17N3. The van der Waals surface area contributed by atoms with Crippen LogP contribution in [0.15, 0.2) is 42.7 Å². The Morgan fingerprint density at radius 1 is 1.18 bits per heavy atom. The van der Waals surface area contributed by atoms with E-state index >= 15 is 0 Å². The van der Waals surface area contributed by atoms with Gasteiger partial charge < -0.3 is 5.32 Å².